The van der Waals surface area contributed by atoms with Crippen molar-refractivity contribution in [3.05, 3.63) is 58.9 Å². The van der Waals surface area contributed by atoms with E-state index in [-0.39, 0.29) is 5.41 Å². The quantitative estimate of drug-likeness (QED) is 0.643. The Balaban J connectivity index is 1.91. The molecule has 0 bridgehead atoms. The molecule has 0 amide bonds. The molecule has 1 aliphatic carbocycles. The second kappa shape index (κ2) is 4.91. The first-order valence-corrected chi connectivity index (χ1v) is 7.77. The minimum absolute atomic E-state index is 0.288. The molecule has 3 rings (SSSR count). The van der Waals surface area contributed by atoms with Crippen LogP contribution in [0.2, 0.25) is 0 Å². The topological polar surface area (TPSA) is 13.1 Å². The third-order valence-corrected chi connectivity index (χ3v) is 5.18. The predicted molar refractivity (Wildman–Crippen MR) is 89.7 cm³/mol. The van der Waals surface area contributed by atoms with Gasteiger partial charge in [0.2, 0.25) is 0 Å². The summed E-state index contributed by atoms with van der Waals surface area (Å²) in [6.07, 6.45) is 8.01. The first-order valence-electron chi connectivity index (χ1n) is 7.77. The van der Waals surface area contributed by atoms with Crippen LogP contribution in [0.3, 0.4) is 0 Å². The molecular formula is C20H24O. The molecule has 21 heavy (non-hydrogen) atoms. The molecular weight excluding hydrogens is 256 g/mol. The Hall–Kier alpha value is -1.76. The van der Waals surface area contributed by atoms with Crippen molar-refractivity contribution >= 4 is 11.0 Å². The van der Waals surface area contributed by atoms with E-state index in [9.17, 15) is 0 Å². The molecule has 1 aliphatic rings. The first-order chi connectivity index (χ1) is 9.95. The zero-order chi connectivity index (χ0) is 15.2. The van der Waals surface area contributed by atoms with E-state index in [0.717, 1.165) is 11.3 Å². The predicted octanol–water partition coefficient (Wildman–Crippen LogP) is 5.85. The molecule has 2 atom stereocenters. The second-order valence-electron chi connectivity index (χ2n) is 6.61. The summed E-state index contributed by atoms with van der Waals surface area (Å²) in [6.45, 7) is 10.8. The van der Waals surface area contributed by atoms with Crippen LogP contribution >= 0.6 is 0 Å². The summed E-state index contributed by atoms with van der Waals surface area (Å²) in [5.41, 5.74) is 5.34. The number of furan rings is 1. The van der Waals surface area contributed by atoms with E-state index in [1.165, 1.54) is 28.5 Å². The van der Waals surface area contributed by atoms with E-state index < -0.39 is 0 Å². The lowest BCUT2D eigenvalue weighted by molar-refractivity contribution is 0.575. The van der Waals surface area contributed by atoms with Gasteiger partial charge in [-0.1, -0.05) is 36.8 Å². The SMILES string of the molecule is C/C=C(C)/C=C/C1CC1(C)c1ccc2oc(C)c(C)c2c1. The fourth-order valence-electron chi connectivity index (χ4n) is 3.07. The van der Waals surface area contributed by atoms with Crippen molar-refractivity contribution in [2.24, 2.45) is 5.92 Å². The molecule has 1 fully saturated rings. The number of aryl methyl sites for hydroxylation is 2. The highest BCUT2D eigenvalue weighted by molar-refractivity contribution is 5.83. The molecule has 2 aromatic rings. The Kier molecular flexibility index (Phi) is 3.32. The maximum Gasteiger partial charge on any atom is 0.134 e. The maximum absolute atomic E-state index is 5.79. The third-order valence-electron chi connectivity index (χ3n) is 5.18. The molecule has 0 spiro atoms. The Labute approximate surface area is 127 Å². The van der Waals surface area contributed by atoms with Crippen LogP contribution in [0.15, 0.2) is 46.4 Å². The lowest BCUT2D eigenvalue weighted by Crippen LogP contribution is -2.03. The normalized spacial score (nSPS) is 26.0. The van der Waals surface area contributed by atoms with Crippen LogP contribution in [0, 0.1) is 19.8 Å². The van der Waals surface area contributed by atoms with Gasteiger partial charge in [-0.05, 0) is 68.7 Å². The van der Waals surface area contributed by atoms with E-state index in [1.807, 2.05) is 6.92 Å². The van der Waals surface area contributed by atoms with Crippen LogP contribution in [-0.2, 0) is 5.41 Å². The summed E-state index contributed by atoms with van der Waals surface area (Å²) < 4.78 is 5.79. The van der Waals surface area contributed by atoms with E-state index in [4.69, 9.17) is 4.42 Å². The summed E-state index contributed by atoms with van der Waals surface area (Å²) in [5.74, 6) is 1.68. The fourth-order valence-corrected chi connectivity index (χ4v) is 3.07. The smallest absolute Gasteiger partial charge is 0.134 e. The zero-order valence-electron chi connectivity index (χ0n) is 13.7. The highest BCUT2D eigenvalue weighted by atomic mass is 16.3. The van der Waals surface area contributed by atoms with Crippen molar-refractivity contribution in [1.29, 1.82) is 0 Å². The van der Waals surface area contributed by atoms with Crippen molar-refractivity contribution in [2.75, 3.05) is 0 Å². The van der Waals surface area contributed by atoms with E-state index in [1.54, 1.807) is 0 Å². The molecule has 110 valence electrons. The van der Waals surface area contributed by atoms with Gasteiger partial charge in [0.25, 0.3) is 0 Å². The van der Waals surface area contributed by atoms with E-state index in [2.05, 4.69) is 64.1 Å². The molecule has 1 saturated carbocycles. The van der Waals surface area contributed by atoms with Gasteiger partial charge in [-0.25, -0.2) is 0 Å². The average molecular weight is 280 g/mol. The molecule has 1 aromatic heterocycles. The van der Waals surface area contributed by atoms with Crippen molar-refractivity contribution in [1.82, 2.24) is 0 Å². The summed E-state index contributed by atoms with van der Waals surface area (Å²) in [4.78, 5) is 0. The highest BCUT2D eigenvalue weighted by Crippen LogP contribution is 2.55. The first kappa shape index (κ1) is 14.2. The van der Waals surface area contributed by atoms with Crippen LogP contribution in [0.5, 0.6) is 0 Å². The number of hydrogen-bond acceptors (Lipinski definition) is 1. The molecule has 1 heteroatoms. The van der Waals surface area contributed by atoms with Crippen molar-refractivity contribution in [3.63, 3.8) is 0 Å². The van der Waals surface area contributed by atoms with E-state index >= 15 is 0 Å². The largest absolute Gasteiger partial charge is 0.461 e. The van der Waals surface area contributed by atoms with Gasteiger partial charge < -0.3 is 4.42 Å². The Morgan fingerprint density at radius 3 is 2.81 bits per heavy atom. The van der Waals surface area contributed by atoms with Crippen molar-refractivity contribution in [3.8, 4) is 0 Å². The van der Waals surface area contributed by atoms with Crippen molar-refractivity contribution in [2.45, 2.75) is 46.5 Å². The number of rotatable bonds is 3. The number of hydrogen-bond donors (Lipinski definition) is 0. The summed E-state index contributed by atoms with van der Waals surface area (Å²) >= 11 is 0. The average Bonchev–Trinajstić information content (AvgIpc) is 3.07. The number of benzene rings is 1. The molecule has 0 radical (unpaired) electrons. The van der Waals surface area contributed by atoms with Gasteiger partial charge >= 0.3 is 0 Å². The van der Waals surface area contributed by atoms with Gasteiger partial charge in [-0.3, -0.25) is 0 Å². The lowest BCUT2D eigenvalue weighted by atomic mass is 9.93. The van der Waals surface area contributed by atoms with E-state index in [0.29, 0.717) is 5.92 Å². The van der Waals surface area contributed by atoms with Crippen LogP contribution < -0.4 is 0 Å². The minimum atomic E-state index is 0.288. The Morgan fingerprint density at radius 1 is 1.33 bits per heavy atom. The molecule has 1 aromatic carbocycles. The van der Waals surface area contributed by atoms with Gasteiger partial charge in [0, 0.05) is 5.39 Å². The molecule has 0 aliphatic heterocycles. The monoisotopic (exact) mass is 280 g/mol. The molecule has 0 saturated heterocycles. The van der Waals surface area contributed by atoms with Gasteiger partial charge in [0.15, 0.2) is 0 Å². The summed E-state index contributed by atoms with van der Waals surface area (Å²) in [5, 5.41) is 1.27. The summed E-state index contributed by atoms with van der Waals surface area (Å²) in [6, 6.07) is 6.70. The van der Waals surface area contributed by atoms with Crippen LogP contribution in [0.4, 0.5) is 0 Å². The van der Waals surface area contributed by atoms with Crippen molar-refractivity contribution < 1.29 is 4.42 Å². The van der Waals surface area contributed by atoms with Gasteiger partial charge in [-0.15, -0.1) is 0 Å². The number of allylic oxidation sites excluding steroid dienone is 4. The standard InChI is InChI=1S/C20H24O/c1-6-13(2)7-8-17-12-20(17,5)16-9-10-19-18(11-16)14(3)15(4)21-19/h6-11,17H,12H2,1-5H3/b8-7+,13-6+. The fraction of sp³-hybridized carbons (Fsp3) is 0.400. The van der Waals surface area contributed by atoms with Gasteiger partial charge in [0.05, 0.1) is 0 Å². The zero-order valence-corrected chi connectivity index (χ0v) is 13.7. The van der Waals surface area contributed by atoms with Crippen LogP contribution in [0.1, 0.15) is 44.1 Å². The highest BCUT2D eigenvalue weighted by Gasteiger charge is 2.49. The second-order valence-corrected chi connectivity index (χ2v) is 6.61. The third kappa shape index (κ3) is 2.35. The minimum Gasteiger partial charge on any atom is -0.461 e. The Bertz CT molecular complexity index is 745. The molecule has 2 unspecified atom stereocenters. The van der Waals surface area contributed by atoms with Crippen LogP contribution in [0.25, 0.3) is 11.0 Å². The molecule has 1 nitrogen and oxygen atoms in total. The number of fused-ring (bicyclic) bond motifs is 1. The molecule has 1 heterocycles. The van der Waals surface area contributed by atoms with Crippen LogP contribution in [-0.4, -0.2) is 0 Å². The molecule has 0 N–H and O–H groups in total. The van der Waals surface area contributed by atoms with Gasteiger partial charge in [0.1, 0.15) is 11.3 Å². The Morgan fingerprint density at radius 2 is 2.10 bits per heavy atom. The lowest BCUT2D eigenvalue weighted by Gasteiger charge is -2.10. The summed E-state index contributed by atoms with van der Waals surface area (Å²) in [7, 11) is 0. The maximum atomic E-state index is 5.79. The van der Waals surface area contributed by atoms with Gasteiger partial charge in [-0.2, -0.15) is 0 Å².